The van der Waals surface area contributed by atoms with E-state index in [4.69, 9.17) is 22.1 Å². The smallest absolute Gasteiger partial charge is 0.120 e. The minimum absolute atomic E-state index is 0.381. The number of hydrogen-bond donors (Lipinski definition) is 1. The second-order valence-corrected chi connectivity index (χ2v) is 5.68. The van der Waals surface area contributed by atoms with Crippen LogP contribution < -0.4 is 10.5 Å². The average molecular weight is 290 g/mol. The Labute approximate surface area is 125 Å². The molecule has 2 aromatic carbocycles. The Kier molecular flexibility index (Phi) is 4.56. The number of rotatable bonds is 4. The van der Waals surface area contributed by atoms with Gasteiger partial charge in [0, 0.05) is 16.3 Å². The lowest BCUT2D eigenvalue weighted by atomic mass is 9.98. The molecule has 0 amide bonds. The van der Waals surface area contributed by atoms with E-state index in [1.807, 2.05) is 24.3 Å². The predicted octanol–water partition coefficient (Wildman–Crippen LogP) is 4.93. The molecular weight excluding hydrogens is 270 g/mol. The summed E-state index contributed by atoms with van der Waals surface area (Å²) in [4.78, 5) is 0. The first-order chi connectivity index (χ1) is 9.49. The Hall–Kier alpha value is -1.67. The highest BCUT2D eigenvalue weighted by Crippen LogP contribution is 2.26. The van der Waals surface area contributed by atoms with E-state index in [0.29, 0.717) is 23.2 Å². The van der Waals surface area contributed by atoms with Crippen molar-refractivity contribution in [2.24, 2.45) is 0 Å². The molecule has 0 bridgehead atoms. The number of nitrogen functional groups attached to an aromatic ring is 1. The van der Waals surface area contributed by atoms with Gasteiger partial charge in [-0.15, -0.1) is 0 Å². The molecule has 0 aliphatic rings. The molecule has 20 heavy (non-hydrogen) atoms. The van der Waals surface area contributed by atoms with Gasteiger partial charge in [0.05, 0.1) is 0 Å². The number of benzene rings is 2. The van der Waals surface area contributed by atoms with Gasteiger partial charge >= 0.3 is 0 Å². The largest absolute Gasteiger partial charge is 0.489 e. The highest BCUT2D eigenvalue weighted by molar-refractivity contribution is 6.31. The van der Waals surface area contributed by atoms with Crippen LogP contribution in [0.2, 0.25) is 5.02 Å². The highest BCUT2D eigenvalue weighted by Gasteiger charge is 2.07. The van der Waals surface area contributed by atoms with Crippen LogP contribution in [0.3, 0.4) is 0 Å². The first-order valence-corrected chi connectivity index (χ1v) is 7.13. The minimum Gasteiger partial charge on any atom is -0.489 e. The zero-order valence-corrected chi connectivity index (χ0v) is 12.9. The summed E-state index contributed by atoms with van der Waals surface area (Å²) >= 11 is 6.13. The lowest BCUT2D eigenvalue weighted by Gasteiger charge is -2.13. The van der Waals surface area contributed by atoms with Crippen LogP contribution in [-0.4, -0.2) is 0 Å². The number of hydrogen-bond acceptors (Lipinski definition) is 2. The average Bonchev–Trinajstić information content (AvgIpc) is 2.37. The fourth-order valence-corrected chi connectivity index (χ4v) is 2.51. The molecule has 0 fully saturated rings. The van der Waals surface area contributed by atoms with E-state index >= 15 is 0 Å². The van der Waals surface area contributed by atoms with E-state index in [-0.39, 0.29) is 0 Å². The van der Waals surface area contributed by atoms with E-state index in [0.717, 1.165) is 11.3 Å². The van der Waals surface area contributed by atoms with Crippen molar-refractivity contribution < 1.29 is 4.74 Å². The van der Waals surface area contributed by atoms with Crippen LogP contribution in [0.4, 0.5) is 5.69 Å². The molecule has 0 atom stereocenters. The summed E-state index contributed by atoms with van der Waals surface area (Å²) in [7, 11) is 0. The molecule has 2 rings (SSSR count). The Morgan fingerprint density at radius 1 is 1.20 bits per heavy atom. The van der Waals surface area contributed by atoms with Gasteiger partial charge in [-0.05, 0) is 48.2 Å². The number of ether oxygens (including phenoxy) is 1. The first kappa shape index (κ1) is 14.7. The monoisotopic (exact) mass is 289 g/mol. The maximum atomic E-state index is 6.13. The number of halogens is 1. The summed E-state index contributed by atoms with van der Waals surface area (Å²) in [5.74, 6) is 1.36. The summed E-state index contributed by atoms with van der Waals surface area (Å²) in [6.07, 6.45) is 0. The second-order valence-electron chi connectivity index (χ2n) is 5.27. The molecule has 0 aliphatic heterocycles. The van der Waals surface area contributed by atoms with Crippen molar-refractivity contribution in [3.05, 3.63) is 58.1 Å². The third kappa shape index (κ3) is 3.26. The number of anilines is 1. The van der Waals surface area contributed by atoms with Crippen LogP contribution in [0.5, 0.6) is 5.75 Å². The molecule has 2 nitrogen and oxygen atoms in total. The molecule has 0 spiro atoms. The van der Waals surface area contributed by atoms with Crippen molar-refractivity contribution >= 4 is 17.3 Å². The van der Waals surface area contributed by atoms with Crippen molar-refractivity contribution in [2.45, 2.75) is 33.3 Å². The molecule has 0 heterocycles. The van der Waals surface area contributed by atoms with Crippen molar-refractivity contribution in [2.75, 3.05) is 5.73 Å². The van der Waals surface area contributed by atoms with Crippen LogP contribution in [0.1, 0.15) is 36.5 Å². The third-order valence-corrected chi connectivity index (χ3v) is 3.76. The summed E-state index contributed by atoms with van der Waals surface area (Å²) in [6, 6.07) is 11.7. The van der Waals surface area contributed by atoms with Crippen molar-refractivity contribution in [1.29, 1.82) is 0 Å². The van der Waals surface area contributed by atoms with Gasteiger partial charge in [-0.1, -0.05) is 37.6 Å². The van der Waals surface area contributed by atoms with E-state index in [1.165, 1.54) is 11.1 Å². The molecule has 0 aliphatic carbocycles. The number of aryl methyl sites for hydroxylation is 1. The maximum absolute atomic E-state index is 6.13. The van der Waals surface area contributed by atoms with Crippen LogP contribution >= 0.6 is 11.6 Å². The van der Waals surface area contributed by atoms with Gasteiger partial charge < -0.3 is 10.5 Å². The zero-order chi connectivity index (χ0) is 14.7. The van der Waals surface area contributed by atoms with E-state index in [2.05, 4.69) is 32.9 Å². The highest BCUT2D eigenvalue weighted by atomic mass is 35.5. The SMILES string of the molecule is Cc1cc(OCc2c(N)cccc2Cl)ccc1C(C)C. The quantitative estimate of drug-likeness (QED) is 0.810. The van der Waals surface area contributed by atoms with Gasteiger partial charge in [-0.25, -0.2) is 0 Å². The second kappa shape index (κ2) is 6.19. The van der Waals surface area contributed by atoms with Gasteiger partial charge in [-0.2, -0.15) is 0 Å². The summed E-state index contributed by atoms with van der Waals surface area (Å²) in [5, 5.41) is 0.639. The Morgan fingerprint density at radius 2 is 1.95 bits per heavy atom. The van der Waals surface area contributed by atoms with Gasteiger partial charge in [-0.3, -0.25) is 0 Å². The van der Waals surface area contributed by atoms with Crippen molar-refractivity contribution in [3.8, 4) is 5.75 Å². The lowest BCUT2D eigenvalue weighted by molar-refractivity contribution is 0.306. The predicted molar refractivity (Wildman–Crippen MR) is 85.5 cm³/mol. The van der Waals surface area contributed by atoms with Crippen LogP contribution in [0.25, 0.3) is 0 Å². The molecule has 106 valence electrons. The van der Waals surface area contributed by atoms with Crippen molar-refractivity contribution in [1.82, 2.24) is 0 Å². The van der Waals surface area contributed by atoms with E-state index < -0.39 is 0 Å². The third-order valence-electron chi connectivity index (χ3n) is 3.40. The normalized spacial score (nSPS) is 10.8. The van der Waals surface area contributed by atoms with E-state index in [1.54, 1.807) is 0 Å². The van der Waals surface area contributed by atoms with E-state index in [9.17, 15) is 0 Å². The molecule has 0 saturated heterocycles. The van der Waals surface area contributed by atoms with Gasteiger partial charge in [0.25, 0.3) is 0 Å². The molecule has 2 aromatic rings. The summed E-state index contributed by atoms with van der Waals surface area (Å²) in [6.45, 7) is 6.86. The van der Waals surface area contributed by atoms with Crippen molar-refractivity contribution in [3.63, 3.8) is 0 Å². The lowest BCUT2D eigenvalue weighted by Crippen LogP contribution is -2.02. The van der Waals surface area contributed by atoms with Crippen LogP contribution in [0, 0.1) is 6.92 Å². The Balaban J connectivity index is 2.14. The molecule has 0 saturated carbocycles. The Morgan fingerprint density at radius 3 is 2.55 bits per heavy atom. The fraction of sp³-hybridized carbons (Fsp3) is 0.294. The van der Waals surface area contributed by atoms with Gasteiger partial charge in [0.15, 0.2) is 0 Å². The molecule has 0 unspecified atom stereocenters. The first-order valence-electron chi connectivity index (χ1n) is 6.75. The van der Waals surface area contributed by atoms with Crippen LogP contribution in [0.15, 0.2) is 36.4 Å². The minimum atomic E-state index is 0.381. The number of nitrogens with two attached hydrogens (primary N) is 1. The van der Waals surface area contributed by atoms with Gasteiger partial charge in [0.1, 0.15) is 12.4 Å². The zero-order valence-electron chi connectivity index (χ0n) is 12.1. The van der Waals surface area contributed by atoms with Crippen LogP contribution in [-0.2, 0) is 6.61 Å². The molecular formula is C17H20ClNO. The van der Waals surface area contributed by atoms with Gasteiger partial charge in [0.2, 0.25) is 0 Å². The fourth-order valence-electron chi connectivity index (χ4n) is 2.27. The topological polar surface area (TPSA) is 35.2 Å². The maximum Gasteiger partial charge on any atom is 0.120 e. The molecule has 2 N–H and O–H groups in total. The standard InChI is InChI=1S/C17H20ClNO/c1-11(2)14-8-7-13(9-12(14)3)20-10-15-16(18)5-4-6-17(15)19/h4-9,11H,10,19H2,1-3H3. The Bertz CT molecular complexity index is 588. The molecule has 0 aromatic heterocycles. The summed E-state index contributed by atoms with van der Waals surface area (Å²) in [5.41, 5.74) is 9.99. The summed E-state index contributed by atoms with van der Waals surface area (Å²) < 4.78 is 5.80. The molecule has 3 heteroatoms. The molecule has 0 radical (unpaired) electrons.